The molecule has 0 nitrogen and oxygen atoms in total. The van der Waals surface area contributed by atoms with E-state index in [4.69, 9.17) is 0 Å². The molecule has 0 spiro atoms. The Labute approximate surface area is 80.3 Å². The third-order valence-corrected chi connectivity index (χ3v) is 3.12. The van der Waals surface area contributed by atoms with E-state index in [1.807, 2.05) is 0 Å². The summed E-state index contributed by atoms with van der Waals surface area (Å²) < 4.78 is 0. The normalized spacial score (nSPS) is 21.9. The third-order valence-electron chi connectivity index (χ3n) is 3.12. The van der Waals surface area contributed by atoms with Crippen LogP contribution in [0.15, 0.2) is 40.0 Å². The Balaban J connectivity index is 2.35. The molecule has 2 aliphatic carbocycles. The maximum atomic E-state index is 3.39. The highest BCUT2D eigenvalue weighted by Crippen LogP contribution is 2.36. The Morgan fingerprint density at radius 3 is 2.38 bits per heavy atom. The van der Waals surface area contributed by atoms with E-state index in [9.17, 15) is 0 Å². The molecule has 0 heterocycles. The van der Waals surface area contributed by atoms with Gasteiger partial charge in [0.15, 0.2) is 0 Å². The van der Waals surface area contributed by atoms with E-state index in [1.165, 1.54) is 27.9 Å². The average Bonchev–Trinajstić information content (AvgIpc) is 2.70. The summed E-state index contributed by atoms with van der Waals surface area (Å²) in [5.41, 5.74) is 7.27. The fourth-order valence-corrected chi connectivity index (χ4v) is 1.99. The minimum atomic E-state index is 0.990. The van der Waals surface area contributed by atoms with E-state index in [1.54, 1.807) is 0 Å². The molecule has 0 aromatic rings. The zero-order valence-electron chi connectivity index (χ0n) is 8.57. The lowest BCUT2D eigenvalue weighted by atomic mass is 10.0. The Bertz CT molecular complexity index is 359. The summed E-state index contributed by atoms with van der Waals surface area (Å²) in [7, 11) is 0. The van der Waals surface area contributed by atoms with Gasteiger partial charge < -0.3 is 0 Å². The monoisotopic (exact) mass is 171 g/mol. The van der Waals surface area contributed by atoms with Gasteiger partial charge in [-0.2, -0.15) is 0 Å². The average molecular weight is 171 g/mol. The molecule has 13 heavy (non-hydrogen) atoms. The lowest BCUT2D eigenvalue weighted by Gasteiger charge is -2.03. The molecule has 0 unspecified atom stereocenters. The number of hydrogen-bond donors (Lipinski definition) is 0. The van der Waals surface area contributed by atoms with Crippen molar-refractivity contribution in [2.75, 3.05) is 0 Å². The van der Waals surface area contributed by atoms with Gasteiger partial charge in [0.25, 0.3) is 0 Å². The van der Waals surface area contributed by atoms with E-state index in [0.29, 0.717) is 0 Å². The molecule has 0 N–H and O–H groups in total. The standard InChI is InChI=1S/C13H15/c1-9-8-13(11(3)10(9)2)12-6-4-5-7-12/h4,6H,5,8H2,1-3H3. The minimum Gasteiger partial charge on any atom is -0.0795 e. The number of allylic oxidation sites excluding steroid dienone is 8. The summed E-state index contributed by atoms with van der Waals surface area (Å²) in [6.07, 6.45) is 9.89. The zero-order valence-corrected chi connectivity index (χ0v) is 8.57. The zero-order chi connectivity index (χ0) is 9.42. The Hall–Kier alpha value is -1.04. The predicted octanol–water partition coefficient (Wildman–Crippen LogP) is 3.73. The summed E-state index contributed by atoms with van der Waals surface area (Å²) in [6.45, 7) is 6.67. The molecule has 0 aromatic heterocycles. The number of hydrogen-bond acceptors (Lipinski definition) is 0. The highest BCUT2D eigenvalue weighted by Gasteiger charge is 2.18. The van der Waals surface area contributed by atoms with Crippen LogP contribution in [-0.2, 0) is 0 Å². The number of rotatable bonds is 1. The van der Waals surface area contributed by atoms with Crippen LogP contribution in [0.4, 0.5) is 0 Å². The molecule has 0 heteroatoms. The van der Waals surface area contributed by atoms with E-state index >= 15 is 0 Å². The maximum absolute atomic E-state index is 3.39. The van der Waals surface area contributed by atoms with Gasteiger partial charge >= 0.3 is 0 Å². The van der Waals surface area contributed by atoms with Crippen molar-refractivity contribution in [1.29, 1.82) is 0 Å². The van der Waals surface area contributed by atoms with Crippen LogP contribution in [0.5, 0.6) is 0 Å². The van der Waals surface area contributed by atoms with Crippen LogP contribution in [0.25, 0.3) is 0 Å². The van der Waals surface area contributed by atoms with Gasteiger partial charge in [-0.15, -0.1) is 0 Å². The molecule has 0 atom stereocenters. The summed E-state index contributed by atoms with van der Waals surface area (Å²) in [5.74, 6) is 0. The second-order valence-electron chi connectivity index (χ2n) is 3.88. The maximum Gasteiger partial charge on any atom is -0.00553 e. The molecule has 0 saturated carbocycles. The second kappa shape index (κ2) is 3.02. The van der Waals surface area contributed by atoms with Gasteiger partial charge in [0.1, 0.15) is 0 Å². The molecule has 0 saturated heterocycles. The van der Waals surface area contributed by atoms with Crippen LogP contribution >= 0.6 is 0 Å². The largest absolute Gasteiger partial charge is 0.0795 e. The van der Waals surface area contributed by atoms with Gasteiger partial charge in [-0.25, -0.2) is 0 Å². The first-order chi connectivity index (χ1) is 6.20. The smallest absolute Gasteiger partial charge is 0.00553 e. The molecular weight excluding hydrogens is 156 g/mol. The van der Waals surface area contributed by atoms with Crippen molar-refractivity contribution in [1.82, 2.24) is 0 Å². The van der Waals surface area contributed by atoms with E-state index < -0.39 is 0 Å². The fourth-order valence-electron chi connectivity index (χ4n) is 1.99. The van der Waals surface area contributed by atoms with Crippen molar-refractivity contribution in [3.8, 4) is 0 Å². The Morgan fingerprint density at radius 1 is 1.15 bits per heavy atom. The van der Waals surface area contributed by atoms with Gasteiger partial charge in [-0.1, -0.05) is 17.7 Å². The van der Waals surface area contributed by atoms with E-state index in [2.05, 4.69) is 39.0 Å². The topological polar surface area (TPSA) is 0 Å². The third kappa shape index (κ3) is 1.31. The molecule has 0 fully saturated rings. The van der Waals surface area contributed by atoms with Crippen molar-refractivity contribution in [2.24, 2.45) is 0 Å². The molecule has 2 aliphatic rings. The molecule has 0 amide bonds. The van der Waals surface area contributed by atoms with Crippen molar-refractivity contribution >= 4 is 0 Å². The van der Waals surface area contributed by atoms with Gasteiger partial charge in [-0.05, 0) is 62.0 Å². The van der Waals surface area contributed by atoms with Crippen LogP contribution in [0.1, 0.15) is 33.6 Å². The van der Waals surface area contributed by atoms with Crippen molar-refractivity contribution in [2.45, 2.75) is 33.6 Å². The van der Waals surface area contributed by atoms with Gasteiger partial charge in [0.2, 0.25) is 0 Å². The first-order valence-electron chi connectivity index (χ1n) is 4.84. The molecule has 0 aromatic carbocycles. The molecule has 2 rings (SSSR count). The van der Waals surface area contributed by atoms with Crippen LogP contribution < -0.4 is 0 Å². The van der Waals surface area contributed by atoms with Crippen molar-refractivity contribution in [3.63, 3.8) is 0 Å². The fraction of sp³-hybridized carbons (Fsp3) is 0.385. The quantitative estimate of drug-likeness (QED) is 0.564. The van der Waals surface area contributed by atoms with Gasteiger partial charge in [-0.3, -0.25) is 0 Å². The second-order valence-corrected chi connectivity index (χ2v) is 3.88. The summed E-state index contributed by atoms with van der Waals surface area (Å²) in [4.78, 5) is 0. The Kier molecular flexibility index (Phi) is 1.99. The summed E-state index contributed by atoms with van der Waals surface area (Å²) in [5, 5.41) is 0. The van der Waals surface area contributed by atoms with E-state index in [0.717, 1.165) is 12.8 Å². The van der Waals surface area contributed by atoms with E-state index in [-0.39, 0.29) is 0 Å². The van der Waals surface area contributed by atoms with Gasteiger partial charge in [0, 0.05) is 0 Å². The molecular formula is C13H15. The lowest BCUT2D eigenvalue weighted by Crippen LogP contribution is -1.85. The van der Waals surface area contributed by atoms with Crippen molar-refractivity contribution < 1.29 is 0 Å². The van der Waals surface area contributed by atoms with Crippen LogP contribution in [0.2, 0.25) is 0 Å². The highest BCUT2D eigenvalue weighted by atomic mass is 14.2. The van der Waals surface area contributed by atoms with Crippen LogP contribution in [0.3, 0.4) is 0 Å². The van der Waals surface area contributed by atoms with Crippen LogP contribution in [0, 0.1) is 6.08 Å². The Morgan fingerprint density at radius 2 is 1.92 bits per heavy atom. The van der Waals surface area contributed by atoms with Crippen molar-refractivity contribution in [3.05, 3.63) is 46.1 Å². The molecule has 0 aliphatic heterocycles. The molecule has 0 bridgehead atoms. The molecule has 1 radical (unpaired) electrons. The lowest BCUT2D eigenvalue weighted by molar-refractivity contribution is 1.15. The molecule has 67 valence electrons. The SMILES string of the molecule is CC1=C(C)C(C)=C(C2=[C]CC=C2)C1. The van der Waals surface area contributed by atoms with Gasteiger partial charge in [0.05, 0.1) is 0 Å². The highest BCUT2D eigenvalue weighted by molar-refractivity contribution is 5.55. The summed E-state index contributed by atoms with van der Waals surface area (Å²) in [6, 6.07) is 0. The van der Waals surface area contributed by atoms with Crippen LogP contribution in [-0.4, -0.2) is 0 Å². The first-order valence-corrected chi connectivity index (χ1v) is 4.84. The summed E-state index contributed by atoms with van der Waals surface area (Å²) >= 11 is 0. The minimum absolute atomic E-state index is 0.990. The predicted molar refractivity (Wildman–Crippen MR) is 56.2 cm³/mol. The first kappa shape index (κ1) is 8.55.